The lowest BCUT2D eigenvalue weighted by Gasteiger charge is -2.38. The first-order chi connectivity index (χ1) is 20.9. The molecule has 3 aliphatic rings. The van der Waals surface area contributed by atoms with E-state index >= 15 is 8.78 Å². The SMILES string of the molecule is Nc1ncnc2c1ncn2[C@@H]1O[C@@H]2CNP([O-])(=S)O[C@H]3[C@@H](F)[C@H](n4cnc5c(N)ncnc54)O[C@@H]3CNP(=O)([S-])O[C@H]2[C@H]1F.[NH4+].[NH4+]. The Balaban J connectivity index is 0.00000208. The number of rotatable bonds is 2. The van der Waals surface area contributed by atoms with E-state index in [9.17, 15) is 9.46 Å². The highest BCUT2D eigenvalue weighted by atomic mass is 32.7. The third kappa shape index (κ3) is 6.09. The third-order valence-electron chi connectivity index (χ3n) is 7.35. The van der Waals surface area contributed by atoms with Gasteiger partial charge < -0.3 is 64.0 Å². The quantitative estimate of drug-likeness (QED) is 0.119. The maximum atomic E-state index is 16.0. The minimum absolute atomic E-state index is 0. The zero-order chi connectivity index (χ0) is 31.0. The standard InChI is InChI=1S/C20H24F2N12O6P2S2.2H3N/c21-9-13-7(37-19(9)33-5-29-11-15(23)25-3-27-17(11)33)1-31-41(35,43)40-14-8(2-32-42(36,44)39-13)38-20(10(14)22)34-6-30-12-16(24)26-4-28-18(12)34;;/h3-10,13-14,19-20H,1-2H2,(H2,23,25,27)(H2,24,26,28)(H2,31,35,43)(H2,32,36,44);2*1H3/t7-,8-,9-,10-,13-,14-,19-,20-,41?,42?;;/m1../s1. The van der Waals surface area contributed by atoms with Crippen molar-refractivity contribution in [3.05, 3.63) is 25.3 Å². The highest BCUT2D eigenvalue weighted by Crippen LogP contribution is 2.50. The molecule has 2 unspecified atom stereocenters. The number of hydrogen-bond donors (Lipinski definition) is 6. The molecular weight excluding hydrogens is 696 g/mol. The molecule has 26 heteroatoms. The number of halogens is 2. The average Bonchev–Trinajstić information content (AvgIpc) is 3.73. The van der Waals surface area contributed by atoms with Crippen LogP contribution in [0.4, 0.5) is 20.4 Å². The average molecular weight is 727 g/mol. The lowest BCUT2D eigenvalue weighted by Crippen LogP contribution is -2.44. The number of nitrogen functional groups attached to an aromatic ring is 2. The summed E-state index contributed by atoms with van der Waals surface area (Å²) in [6.45, 7) is -9.28. The molecule has 4 aromatic heterocycles. The fraction of sp³-hybridized carbons (Fsp3) is 0.500. The molecule has 0 aliphatic carbocycles. The molecule has 0 aromatic carbocycles. The maximum absolute atomic E-state index is 16.0. The molecule has 252 valence electrons. The Bertz CT molecular complexity index is 1710. The molecular formula is C20H30F2N14O6P2S2. The summed E-state index contributed by atoms with van der Waals surface area (Å²) in [7, 11) is 0. The first-order valence-electron chi connectivity index (χ1n) is 12.9. The monoisotopic (exact) mass is 726 g/mol. The molecule has 0 amide bonds. The van der Waals surface area contributed by atoms with Gasteiger partial charge in [-0.25, -0.2) is 38.7 Å². The number of quaternary nitrogens is 2. The predicted molar refractivity (Wildman–Crippen MR) is 164 cm³/mol. The molecule has 0 spiro atoms. The van der Waals surface area contributed by atoms with E-state index in [1.165, 1.54) is 34.4 Å². The van der Waals surface area contributed by atoms with Gasteiger partial charge in [0, 0.05) is 13.1 Å². The van der Waals surface area contributed by atoms with Gasteiger partial charge in [0.2, 0.25) is 0 Å². The largest absolute Gasteiger partial charge is 0.789 e. The van der Waals surface area contributed by atoms with Crippen LogP contribution in [0.3, 0.4) is 0 Å². The van der Waals surface area contributed by atoms with Gasteiger partial charge in [-0.05, 0) is 0 Å². The Hall–Kier alpha value is -2.57. The summed E-state index contributed by atoms with van der Waals surface area (Å²) < 4.78 is 70.9. The minimum atomic E-state index is -4.23. The molecule has 7 heterocycles. The van der Waals surface area contributed by atoms with E-state index in [0.29, 0.717) is 0 Å². The number of alkyl halides is 2. The van der Waals surface area contributed by atoms with Crippen molar-refractivity contribution >= 4 is 71.4 Å². The van der Waals surface area contributed by atoms with Gasteiger partial charge in [-0.15, -0.1) is 0 Å². The summed E-state index contributed by atoms with van der Waals surface area (Å²) in [6.07, 6.45) is -7.44. The molecule has 3 saturated heterocycles. The van der Waals surface area contributed by atoms with Crippen molar-refractivity contribution in [2.75, 3.05) is 24.6 Å². The van der Waals surface area contributed by atoms with Gasteiger partial charge in [-0.1, -0.05) is 11.8 Å². The highest BCUT2D eigenvalue weighted by molar-refractivity contribution is 8.33. The third-order valence-corrected chi connectivity index (χ3v) is 10.8. The molecule has 0 bridgehead atoms. The number of nitrogens with zero attached hydrogens (tertiary/aromatic N) is 8. The van der Waals surface area contributed by atoms with Crippen molar-refractivity contribution in [2.24, 2.45) is 0 Å². The maximum Gasteiger partial charge on any atom is 0.174 e. The van der Waals surface area contributed by atoms with Gasteiger partial charge in [-0.3, -0.25) is 19.3 Å². The summed E-state index contributed by atoms with van der Waals surface area (Å²) in [4.78, 5) is 37.5. The molecule has 4 aromatic rings. The van der Waals surface area contributed by atoms with Gasteiger partial charge >= 0.3 is 0 Å². The Kier molecular flexibility index (Phi) is 9.67. The van der Waals surface area contributed by atoms with Crippen LogP contribution in [0.25, 0.3) is 22.3 Å². The van der Waals surface area contributed by atoms with Crippen LogP contribution in [-0.2, 0) is 47.1 Å². The van der Waals surface area contributed by atoms with E-state index < -0.39 is 75.7 Å². The lowest BCUT2D eigenvalue weighted by atomic mass is 10.1. The topological polar surface area (TPSA) is 313 Å². The predicted octanol–water partition coefficient (Wildman–Crippen LogP) is 0.257. The summed E-state index contributed by atoms with van der Waals surface area (Å²) >= 11 is 10.3. The first kappa shape index (κ1) is 34.8. The Morgan fingerprint density at radius 1 is 0.848 bits per heavy atom. The molecule has 0 radical (unpaired) electrons. The van der Waals surface area contributed by atoms with Gasteiger partial charge in [0.25, 0.3) is 0 Å². The van der Waals surface area contributed by atoms with Crippen LogP contribution in [0.2, 0.25) is 0 Å². The van der Waals surface area contributed by atoms with Crippen LogP contribution in [0.1, 0.15) is 12.5 Å². The molecule has 14 N–H and O–H groups in total. The van der Waals surface area contributed by atoms with Crippen LogP contribution in [-0.4, -0.2) is 88.9 Å². The smallest absolute Gasteiger partial charge is 0.174 e. The molecule has 0 saturated carbocycles. The lowest BCUT2D eigenvalue weighted by molar-refractivity contribution is -0.193. The van der Waals surface area contributed by atoms with Crippen LogP contribution in [0.15, 0.2) is 25.3 Å². The van der Waals surface area contributed by atoms with Crippen molar-refractivity contribution in [1.29, 1.82) is 0 Å². The molecule has 3 aliphatic heterocycles. The number of hydrogen-bond acceptors (Lipinski definition) is 16. The molecule has 7 rings (SSSR count). The van der Waals surface area contributed by atoms with Crippen LogP contribution >= 0.6 is 13.4 Å². The number of ether oxygens (including phenoxy) is 2. The molecule has 3 fully saturated rings. The van der Waals surface area contributed by atoms with Crippen molar-refractivity contribution < 1.29 is 36.8 Å². The summed E-state index contributed by atoms with van der Waals surface area (Å²) in [5.41, 5.74) is 12.4. The van der Waals surface area contributed by atoms with E-state index in [0.717, 1.165) is 0 Å². The number of nitrogens with two attached hydrogens (primary N) is 2. The molecule has 20 nitrogen and oxygen atoms in total. The summed E-state index contributed by atoms with van der Waals surface area (Å²) in [6, 6.07) is 0. The van der Waals surface area contributed by atoms with Crippen molar-refractivity contribution in [2.45, 2.75) is 49.2 Å². The van der Waals surface area contributed by atoms with Gasteiger partial charge in [0.1, 0.15) is 54.8 Å². The second kappa shape index (κ2) is 12.8. The van der Waals surface area contributed by atoms with Crippen molar-refractivity contribution in [1.82, 2.24) is 61.5 Å². The number of fused-ring (bicyclic) bond motifs is 4. The van der Waals surface area contributed by atoms with E-state index in [2.05, 4.69) is 40.1 Å². The van der Waals surface area contributed by atoms with Gasteiger partial charge in [0.15, 0.2) is 47.7 Å². The van der Waals surface area contributed by atoms with Gasteiger partial charge in [0.05, 0.1) is 19.3 Å². The zero-order valence-electron chi connectivity index (χ0n) is 24.0. The number of imidazole rings is 2. The number of nitrogens with one attached hydrogen (secondary N) is 2. The first-order valence-corrected chi connectivity index (χ1v) is 18.1. The molecule has 46 heavy (non-hydrogen) atoms. The van der Waals surface area contributed by atoms with E-state index in [4.69, 9.17) is 54.0 Å². The number of anilines is 2. The van der Waals surface area contributed by atoms with Gasteiger partial charge in [-0.2, -0.15) is 0 Å². The minimum Gasteiger partial charge on any atom is -0.789 e. The van der Waals surface area contributed by atoms with Crippen LogP contribution < -0.4 is 38.8 Å². The van der Waals surface area contributed by atoms with Crippen LogP contribution in [0, 0.1) is 0 Å². The zero-order valence-corrected chi connectivity index (χ0v) is 27.4. The van der Waals surface area contributed by atoms with Crippen LogP contribution in [0.5, 0.6) is 0 Å². The highest BCUT2D eigenvalue weighted by Gasteiger charge is 2.51. The van der Waals surface area contributed by atoms with E-state index in [-0.39, 0.29) is 46.3 Å². The summed E-state index contributed by atoms with van der Waals surface area (Å²) in [5.74, 6) is 0.129. The second-order valence-corrected chi connectivity index (χ2v) is 16.0. The fourth-order valence-corrected chi connectivity index (χ4v) is 8.47. The van der Waals surface area contributed by atoms with E-state index in [1.54, 1.807) is 0 Å². The number of aromatic nitrogens is 8. The Morgan fingerprint density at radius 3 is 1.80 bits per heavy atom. The van der Waals surface area contributed by atoms with Crippen molar-refractivity contribution in [3.8, 4) is 0 Å². The molecule has 10 atom stereocenters. The van der Waals surface area contributed by atoms with Crippen molar-refractivity contribution in [3.63, 3.8) is 0 Å². The Morgan fingerprint density at radius 2 is 1.30 bits per heavy atom. The fourth-order valence-electron chi connectivity index (χ4n) is 5.33. The normalized spacial score (nSPS) is 36.6. The second-order valence-electron chi connectivity index (χ2n) is 10.0. The van der Waals surface area contributed by atoms with E-state index in [1.807, 2.05) is 0 Å². The summed E-state index contributed by atoms with van der Waals surface area (Å²) in [5, 5.41) is 5.02. The Labute approximate surface area is 268 Å².